The molecular weight excluding hydrogens is 260 g/mol. The lowest BCUT2D eigenvalue weighted by Crippen LogP contribution is -2.21. The number of rotatable bonds is 1. The summed E-state index contributed by atoms with van der Waals surface area (Å²) in [5.74, 6) is -0.732. The number of benzene rings is 1. The Labute approximate surface area is 114 Å². The highest BCUT2D eigenvalue weighted by Gasteiger charge is 2.41. The van der Waals surface area contributed by atoms with E-state index in [0.717, 1.165) is 0 Å². The molecule has 0 spiro atoms. The Morgan fingerprint density at radius 2 is 2.05 bits per heavy atom. The van der Waals surface area contributed by atoms with E-state index in [0.29, 0.717) is 16.9 Å². The van der Waals surface area contributed by atoms with Crippen LogP contribution in [0.25, 0.3) is 0 Å². The van der Waals surface area contributed by atoms with Gasteiger partial charge in [0.15, 0.2) is 5.76 Å². The van der Waals surface area contributed by atoms with Crippen molar-refractivity contribution in [3.63, 3.8) is 0 Å². The van der Waals surface area contributed by atoms with Gasteiger partial charge in [-0.05, 0) is 17.7 Å². The first-order valence-corrected chi connectivity index (χ1v) is 5.88. The molecule has 0 bridgehead atoms. The molecule has 0 amide bonds. The molecule has 2 heterocycles. The van der Waals surface area contributed by atoms with Crippen LogP contribution in [0.3, 0.4) is 0 Å². The van der Waals surface area contributed by atoms with E-state index in [4.69, 9.17) is 15.2 Å². The Hall–Kier alpha value is -2.94. The second-order valence-corrected chi connectivity index (χ2v) is 4.43. The molecule has 1 unspecified atom stereocenters. The van der Waals surface area contributed by atoms with Crippen molar-refractivity contribution in [3.8, 4) is 11.8 Å². The fourth-order valence-electron chi connectivity index (χ4n) is 2.36. The predicted octanol–water partition coefficient (Wildman–Crippen LogP) is 1.01. The lowest BCUT2D eigenvalue weighted by molar-refractivity contribution is -0.136. The van der Waals surface area contributed by atoms with Crippen LogP contribution in [0.4, 0.5) is 0 Å². The zero-order valence-corrected chi connectivity index (χ0v) is 10.3. The fraction of sp³-hybridized carbons (Fsp3) is 0.143. The lowest BCUT2D eigenvalue weighted by atomic mass is 9.83. The van der Waals surface area contributed by atoms with Gasteiger partial charge in [0.25, 0.3) is 0 Å². The molecule has 2 aliphatic heterocycles. The Morgan fingerprint density at radius 1 is 1.35 bits per heavy atom. The number of phenolic OH excluding ortho intramolecular Hbond substituents is 1. The average Bonchev–Trinajstić information content (AvgIpc) is 2.79. The van der Waals surface area contributed by atoms with Gasteiger partial charge >= 0.3 is 5.97 Å². The number of carbonyl (C=O) groups is 1. The van der Waals surface area contributed by atoms with Crippen molar-refractivity contribution in [2.75, 3.05) is 6.61 Å². The maximum absolute atomic E-state index is 11.8. The van der Waals surface area contributed by atoms with E-state index in [1.54, 1.807) is 12.1 Å². The number of cyclic esters (lactones) is 1. The summed E-state index contributed by atoms with van der Waals surface area (Å²) in [6.45, 7) is 0.0160. The molecule has 0 saturated carbocycles. The average molecular weight is 270 g/mol. The maximum atomic E-state index is 11.8. The highest BCUT2D eigenvalue weighted by molar-refractivity contribution is 5.94. The van der Waals surface area contributed by atoms with E-state index < -0.39 is 11.9 Å². The van der Waals surface area contributed by atoms with Crippen LogP contribution in [0.2, 0.25) is 0 Å². The summed E-state index contributed by atoms with van der Waals surface area (Å²) in [7, 11) is 0. The van der Waals surface area contributed by atoms with Gasteiger partial charge in [0.1, 0.15) is 24.0 Å². The van der Waals surface area contributed by atoms with Crippen molar-refractivity contribution in [1.29, 1.82) is 5.26 Å². The van der Waals surface area contributed by atoms with E-state index in [1.165, 1.54) is 12.1 Å². The van der Waals surface area contributed by atoms with Gasteiger partial charge in [0.2, 0.25) is 5.88 Å². The monoisotopic (exact) mass is 270 g/mol. The number of nitrogens with zero attached hydrogens (tertiary/aromatic N) is 1. The van der Waals surface area contributed by atoms with Crippen molar-refractivity contribution < 1.29 is 19.4 Å². The summed E-state index contributed by atoms with van der Waals surface area (Å²) in [6, 6.07) is 8.20. The van der Waals surface area contributed by atoms with Gasteiger partial charge in [0, 0.05) is 0 Å². The summed E-state index contributed by atoms with van der Waals surface area (Å²) in [5.41, 5.74) is 6.85. The lowest BCUT2D eigenvalue weighted by Gasteiger charge is -2.23. The molecular formula is C14H10N2O4. The summed E-state index contributed by atoms with van der Waals surface area (Å²) >= 11 is 0. The van der Waals surface area contributed by atoms with Gasteiger partial charge in [-0.15, -0.1) is 0 Å². The van der Waals surface area contributed by atoms with Gasteiger partial charge in [-0.2, -0.15) is 5.26 Å². The molecule has 0 fully saturated rings. The summed E-state index contributed by atoms with van der Waals surface area (Å²) < 4.78 is 10.2. The number of nitrogens with two attached hydrogens (primary N) is 1. The van der Waals surface area contributed by atoms with Crippen LogP contribution in [0.15, 0.2) is 47.1 Å². The minimum absolute atomic E-state index is 0.0160. The van der Waals surface area contributed by atoms with E-state index in [1.807, 2.05) is 6.07 Å². The zero-order valence-electron chi connectivity index (χ0n) is 10.3. The molecule has 6 nitrogen and oxygen atoms in total. The first-order chi connectivity index (χ1) is 9.61. The number of ether oxygens (including phenoxy) is 2. The van der Waals surface area contributed by atoms with Crippen LogP contribution in [-0.4, -0.2) is 17.7 Å². The maximum Gasteiger partial charge on any atom is 0.339 e. The first kappa shape index (κ1) is 12.1. The van der Waals surface area contributed by atoms with Crippen LogP contribution in [-0.2, 0) is 14.3 Å². The predicted molar refractivity (Wildman–Crippen MR) is 66.7 cm³/mol. The highest BCUT2D eigenvalue weighted by Crippen LogP contribution is 2.42. The fourth-order valence-corrected chi connectivity index (χ4v) is 2.36. The third kappa shape index (κ3) is 1.68. The van der Waals surface area contributed by atoms with E-state index in [9.17, 15) is 15.2 Å². The third-order valence-corrected chi connectivity index (χ3v) is 3.28. The molecule has 20 heavy (non-hydrogen) atoms. The molecule has 1 aromatic rings. The Morgan fingerprint density at radius 3 is 2.70 bits per heavy atom. The number of carbonyl (C=O) groups excluding carboxylic acids is 1. The van der Waals surface area contributed by atoms with E-state index in [2.05, 4.69) is 0 Å². The molecule has 0 aliphatic carbocycles. The number of nitriles is 1. The molecule has 3 rings (SSSR count). The number of aromatic hydroxyl groups is 1. The van der Waals surface area contributed by atoms with Crippen LogP contribution in [0.1, 0.15) is 11.5 Å². The Balaban J connectivity index is 2.16. The molecule has 0 saturated heterocycles. The molecule has 6 heteroatoms. The van der Waals surface area contributed by atoms with Crippen molar-refractivity contribution in [2.24, 2.45) is 5.73 Å². The smallest absolute Gasteiger partial charge is 0.339 e. The van der Waals surface area contributed by atoms with E-state index in [-0.39, 0.29) is 23.8 Å². The zero-order chi connectivity index (χ0) is 14.3. The SMILES string of the molecule is N#CC1=C(N)OC2=C(C(=O)OC2)C1c1ccc(O)cc1. The summed E-state index contributed by atoms with van der Waals surface area (Å²) in [4.78, 5) is 11.8. The number of phenols is 1. The molecule has 1 aromatic carbocycles. The minimum Gasteiger partial charge on any atom is -0.508 e. The topological polar surface area (TPSA) is 106 Å². The van der Waals surface area contributed by atoms with Crippen LogP contribution < -0.4 is 5.73 Å². The summed E-state index contributed by atoms with van der Waals surface area (Å²) in [5, 5.41) is 18.6. The third-order valence-electron chi connectivity index (χ3n) is 3.28. The standard InChI is InChI=1S/C14H10N2O4/c15-5-9-11(7-1-3-8(17)4-2-7)12-10(20-13(9)16)6-19-14(12)18/h1-4,11,17H,6,16H2. The quantitative estimate of drug-likeness (QED) is 0.738. The van der Waals surface area contributed by atoms with Crippen LogP contribution in [0.5, 0.6) is 5.75 Å². The second kappa shape index (κ2) is 4.31. The molecule has 3 N–H and O–H groups in total. The number of hydrogen-bond acceptors (Lipinski definition) is 6. The summed E-state index contributed by atoms with van der Waals surface area (Å²) in [6.07, 6.45) is 0. The molecule has 1 atom stereocenters. The van der Waals surface area contributed by atoms with Crippen molar-refractivity contribution in [2.45, 2.75) is 5.92 Å². The molecule has 0 aromatic heterocycles. The number of hydrogen-bond donors (Lipinski definition) is 2. The largest absolute Gasteiger partial charge is 0.508 e. The van der Waals surface area contributed by atoms with Crippen molar-refractivity contribution in [3.05, 3.63) is 52.6 Å². The highest BCUT2D eigenvalue weighted by atomic mass is 16.6. The molecule has 100 valence electrons. The van der Waals surface area contributed by atoms with Gasteiger partial charge in [-0.25, -0.2) is 4.79 Å². The van der Waals surface area contributed by atoms with E-state index >= 15 is 0 Å². The van der Waals surface area contributed by atoms with Gasteiger partial charge in [-0.1, -0.05) is 12.1 Å². The van der Waals surface area contributed by atoms with Gasteiger partial charge < -0.3 is 20.3 Å². The van der Waals surface area contributed by atoms with Crippen molar-refractivity contribution >= 4 is 5.97 Å². The van der Waals surface area contributed by atoms with Crippen LogP contribution in [0, 0.1) is 11.3 Å². The van der Waals surface area contributed by atoms with Gasteiger partial charge in [0.05, 0.1) is 11.5 Å². The Kier molecular flexibility index (Phi) is 2.61. The first-order valence-electron chi connectivity index (χ1n) is 5.88. The minimum atomic E-state index is -0.626. The normalized spacial score (nSPS) is 21.1. The molecule has 0 radical (unpaired) electrons. The van der Waals surface area contributed by atoms with Gasteiger partial charge in [-0.3, -0.25) is 0 Å². The molecule has 2 aliphatic rings. The van der Waals surface area contributed by atoms with Crippen LogP contribution >= 0.6 is 0 Å². The number of allylic oxidation sites excluding steroid dienone is 1. The Bertz CT molecular complexity index is 695. The van der Waals surface area contributed by atoms with Crippen molar-refractivity contribution in [1.82, 2.24) is 0 Å². The second-order valence-electron chi connectivity index (χ2n) is 4.43. The number of esters is 1.